The maximum Gasteiger partial charge on any atom is 0.220 e. The van der Waals surface area contributed by atoms with E-state index in [9.17, 15) is 4.79 Å². The fourth-order valence-corrected chi connectivity index (χ4v) is 3.65. The minimum Gasteiger partial charge on any atom is -0.356 e. The van der Waals surface area contributed by atoms with Gasteiger partial charge in [-0.15, -0.1) is 0 Å². The molecule has 2 atom stereocenters. The van der Waals surface area contributed by atoms with Crippen LogP contribution in [0.15, 0.2) is 40.9 Å². The number of amides is 1. The van der Waals surface area contributed by atoms with Crippen LogP contribution in [-0.2, 0) is 11.2 Å². The van der Waals surface area contributed by atoms with E-state index < -0.39 is 0 Å². The summed E-state index contributed by atoms with van der Waals surface area (Å²) in [5.74, 6) is 1.86. The molecular weight excluding hydrogens is 314 g/mol. The molecule has 2 aromatic rings. The summed E-state index contributed by atoms with van der Waals surface area (Å²) in [6.07, 6.45) is 4.81. The van der Waals surface area contributed by atoms with Crippen LogP contribution in [0.25, 0.3) is 11.3 Å². The van der Waals surface area contributed by atoms with Crippen molar-refractivity contribution in [2.24, 2.45) is 11.8 Å². The molecule has 2 aliphatic rings. The second-order valence-electron chi connectivity index (χ2n) is 7.31. The van der Waals surface area contributed by atoms with Gasteiger partial charge in [0.25, 0.3) is 0 Å². The fourth-order valence-electron chi connectivity index (χ4n) is 3.65. The van der Waals surface area contributed by atoms with Crippen LogP contribution in [0, 0.1) is 11.8 Å². The summed E-state index contributed by atoms with van der Waals surface area (Å²) in [6.45, 7) is 1.93. The first kappa shape index (κ1) is 16.3. The summed E-state index contributed by atoms with van der Waals surface area (Å²) < 4.78 is 5.52. The summed E-state index contributed by atoms with van der Waals surface area (Å²) in [7, 11) is 0. The Morgan fingerprint density at radius 2 is 2.04 bits per heavy atom. The van der Waals surface area contributed by atoms with Crippen LogP contribution >= 0.6 is 0 Å². The van der Waals surface area contributed by atoms with Gasteiger partial charge in [0.05, 0.1) is 5.69 Å². The van der Waals surface area contributed by atoms with Gasteiger partial charge in [-0.25, -0.2) is 0 Å². The Hall–Kier alpha value is -2.14. The number of carbonyl (C=O) groups is 1. The molecule has 0 bridgehead atoms. The van der Waals surface area contributed by atoms with Crippen LogP contribution in [0.3, 0.4) is 0 Å². The monoisotopic (exact) mass is 339 g/mol. The average molecular weight is 339 g/mol. The summed E-state index contributed by atoms with van der Waals surface area (Å²) in [5.41, 5.74) is 2.02. The number of carbonyl (C=O) groups excluding carboxylic acids is 1. The number of hydrogen-bond donors (Lipinski definition) is 2. The first-order chi connectivity index (χ1) is 12.3. The first-order valence-electron chi connectivity index (χ1n) is 9.29. The number of aromatic nitrogens is 1. The van der Waals surface area contributed by atoms with Gasteiger partial charge in [0.15, 0.2) is 5.76 Å². The van der Waals surface area contributed by atoms with Crippen molar-refractivity contribution in [3.05, 3.63) is 42.1 Å². The van der Waals surface area contributed by atoms with E-state index >= 15 is 0 Å². The molecule has 1 aliphatic heterocycles. The lowest BCUT2D eigenvalue weighted by Crippen LogP contribution is -2.40. The number of rotatable bonds is 6. The molecule has 0 unspecified atom stereocenters. The molecule has 2 fully saturated rings. The first-order valence-corrected chi connectivity index (χ1v) is 9.29. The number of hydrogen-bond acceptors (Lipinski definition) is 4. The van der Waals surface area contributed by atoms with Gasteiger partial charge in [-0.05, 0) is 50.6 Å². The number of piperidine rings is 1. The quantitative estimate of drug-likeness (QED) is 0.849. The molecular formula is C20H25N3O2. The lowest BCUT2D eigenvalue weighted by atomic mass is 9.81. The van der Waals surface area contributed by atoms with E-state index in [0.717, 1.165) is 55.8 Å². The maximum atomic E-state index is 12.2. The topological polar surface area (TPSA) is 67.2 Å². The van der Waals surface area contributed by atoms with E-state index in [0.29, 0.717) is 24.3 Å². The third kappa shape index (κ3) is 4.28. The average Bonchev–Trinajstić information content (AvgIpc) is 3.32. The molecule has 5 nitrogen and oxygen atoms in total. The second kappa shape index (κ2) is 7.40. The minimum atomic E-state index is 0.213. The lowest BCUT2D eigenvalue weighted by Gasteiger charge is -2.31. The van der Waals surface area contributed by atoms with Crippen molar-refractivity contribution in [3.8, 4) is 11.3 Å². The number of benzene rings is 1. The van der Waals surface area contributed by atoms with Crippen LogP contribution in [0.2, 0.25) is 0 Å². The zero-order chi connectivity index (χ0) is 17.1. The zero-order valence-electron chi connectivity index (χ0n) is 14.4. The van der Waals surface area contributed by atoms with Gasteiger partial charge in [-0.3, -0.25) is 4.79 Å². The van der Waals surface area contributed by atoms with Gasteiger partial charge in [0, 0.05) is 24.1 Å². The van der Waals surface area contributed by atoms with Crippen molar-refractivity contribution >= 4 is 5.91 Å². The Morgan fingerprint density at radius 1 is 1.20 bits per heavy atom. The van der Waals surface area contributed by atoms with E-state index in [2.05, 4.69) is 15.8 Å². The van der Waals surface area contributed by atoms with Crippen LogP contribution < -0.4 is 10.6 Å². The molecule has 1 aromatic heterocycles. The van der Waals surface area contributed by atoms with Gasteiger partial charge in [-0.1, -0.05) is 35.5 Å². The molecule has 0 radical (unpaired) electrons. The third-order valence-electron chi connectivity index (χ3n) is 5.24. The van der Waals surface area contributed by atoms with Crippen LogP contribution in [0.4, 0.5) is 0 Å². The van der Waals surface area contributed by atoms with Gasteiger partial charge in [0.2, 0.25) is 5.91 Å². The highest BCUT2D eigenvalue weighted by atomic mass is 16.5. The van der Waals surface area contributed by atoms with Crippen LogP contribution in [-0.4, -0.2) is 30.2 Å². The van der Waals surface area contributed by atoms with Gasteiger partial charge >= 0.3 is 0 Å². The van der Waals surface area contributed by atoms with Gasteiger partial charge < -0.3 is 15.2 Å². The van der Waals surface area contributed by atoms with Crippen molar-refractivity contribution in [2.75, 3.05) is 13.1 Å². The highest BCUT2D eigenvalue weighted by Crippen LogP contribution is 2.28. The molecule has 1 saturated carbocycles. The van der Waals surface area contributed by atoms with Crippen molar-refractivity contribution in [1.29, 1.82) is 0 Å². The fraction of sp³-hybridized carbons (Fsp3) is 0.500. The largest absolute Gasteiger partial charge is 0.356 e. The smallest absolute Gasteiger partial charge is 0.220 e. The molecule has 1 aromatic carbocycles. The summed E-state index contributed by atoms with van der Waals surface area (Å²) in [6, 6.07) is 12.5. The Labute approximate surface area is 148 Å². The van der Waals surface area contributed by atoms with Crippen LogP contribution in [0.1, 0.15) is 31.4 Å². The molecule has 132 valence electrons. The van der Waals surface area contributed by atoms with Crippen molar-refractivity contribution in [2.45, 2.75) is 38.1 Å². The summed E-state index contributed by atoms with van der Waals surface area (Å²) in [5, 5.41) is 10.8. The van der Waals surface area contributed by atoms with Crippen LogP contribution in [0.5, 0.6) is 0 Å². The Kier molecular flexibility index (Phi) is 4.83. The molecule has 1 saturated heterocycles. The van der Waals surface area contributed by atoms with Gasteiger partial charge in [-0.2, -0.15) is 0 Å². The normalized spacial score (nSPS) is 23.4. The van der Waals surface area contributed by atoms with Crippen molar-refractivity contribution in [3.63, 3.8) is 0 Å². The third-order valence-corrected chi connectivity index (χ3v) is 5.24. The van der Waals surface area contributed by atoms with E-state index in [4.69, 9.17) is 4.52 Å². The molecule has 4 rings (SSSR count). The minimum absolute atomic E-state index is 0.213. The summed E-state index contributed by atoms with van der Waals surface area (Å²) >= 11 is 0. The van der Waals surface area contributed by atoms with E-state index in [1.165, 1.54) is 0 Å². The Morgan fingerprint density at radius 3 is 2.84 bits per heavy atom. The predicted octanol–water partition coefficient (Wildman–Crippen LogP) is 2.78. The van der Waals surface area contributed by atoms with E-state index in [1.54, 1.807) is 0 Å². The second-order valence-corrected chi connectivity index (χ2v) is 7.31. The maximum absolute atomic E-state index is 12.2. The Bertz CT molecular complexity index is 709. The number of nitrogens with one attached hydrogen (secondary N) is 2. The number of nitrogens with zero attached hydrogens (tertiary/aromatic N) is 1. The standard InChI is InChI=1S/C20H25N3O2/c24-20(22-17-6-7-17)11-15-8-9-21-13-16(15)10-18-12-19(25-23-18)14-4-2-1-3-5-14/h1-5,12,15-17,21H,6-11,13H2,(H,22,24)/t15-,16-/m0/s1. The molecule has 1 amide bonds. The molecule has 25 heavy (non-hydrogen) atoms. The van der Waals surface area contributed by atoms with Crippen molar-refractivity contribution in [1.82, 2.24) is 15.8 Å². The van der Waals surface area contributed by atoms with E-state index in [1.807, 2.05) is 36.4 Å². The molecule has 1 aliphatic carbocycles. The predicted molar refractivity (Wildman–Crippen MR) is 95.9 cm³/mol. The Balaban J connectivity index is 1.39. The highest BCUT2D eigenvalue weighted by Gasteiger charge is 2.30. The lowest BCUT2D eigenvalue weighted by molar-refractivity contribution is -0.122. The molecule has 2 heterocycles. The molecule has 0 spiro atoms. The van der Waals surface area contributed by atoms with E-state index in [-0.39, 0.29) is 5.91 Å². The highest BCUT2D eigenvalue weighted by molar-refractivity contribution is 5.76. The van der Waals surface area contributed by atoms with Crippen molar-refractivity contribution < 1.29 is 9.32 Å². The zero-order valence-corrected chi connectivity index (χ0v) is 14.4. The summed E-state index contributed by atoms with van der Waals surface area (Å²) in [4.78, 5) is 12.2. The van der Waals surface area contributed by atoms with Gasteiger partial charge in [0.1, 0.15) is 0 Å². The molecule has 2 N–H and O–H groups in total. The molecule has 5 heteroatoms. The SMILES string of the molecule is O=C(C[C@@H]1CCNC[C@@H]1Cc1cc(-c2ccccc2)on1)NC1CC1.